The lowest BCUT2D eigenvalue weighted by Crippen LogP contribution is -2.43. The van der Waals surface area contributed by atoms with Crippen LogP contribution in [0.5, 0.6) is 0 Å². The van der Waals surface area contributed by atoms with E-state index < -0.39 is 0 Å². The van der Waals surface area contributed by atoms with Crippen molar-refractivity contribution >= 4 is 48.2 Å². The van der Waals surface area contributed by atoms with E-state index in [1.807, 2.05) is 24.3 Å². The highest BCUT2D eigenvalue weighted by Gasteiger charge is 2.19. The number of nitrogens with two attached hydrogens (primary N) is 1. The summed E-state index contributed by atoms with van der Waals surface area (Å²) < 4.78 is 0. The number of carbonyl (C=O) groups is 2. The SMILES string of the molecule is Cl.Cl.NCC(=O)NCC(=O)N1CCCN(Cc2ccc(Cl)cc2)CC1. The summed E-state index contributed by atoms with van der Waals surface area (Å²) in [5, 5.41) is 3.26. The molecule has 2 rings (SSSR count). The van der Waals surface area contributed by atoms with Gasteiger partial charge in [0.1, 0.15) is 0 Å². The molecular weight excluding hydrogens is 387 g/mol. The molecule has 9 heteroatoms. The average molecular weight is 412 g/mol. The highest BCUT2D eigenvalue weighted by molar-refractivity contribution is 6.30. The zero-order chi connectivity index (χ0) is 16.7. The molecule has 1 aromatic carbocycles. The molecular formula is C16H25Cl3N4O2. The molecule has 0 saturated carbocycles. The third-order valence-electron chi connectivity index (χ3n) is 3.88. The normalized spacial score (nSPS) is 14.7. The second-order valence-electron chi connectivity index (χ2n) is 5.62. The predicted molar refractivity (Wildman–Crippen MR) is 104 cm³/mol. The molecule has 6 nitrogen and oxygen atoms in total. The summed E-state index contributed by atoms with van der Waals surface area (Å²) in [5.74, 6) is -0.363. The van der Waals surface area contributed by atoms with Crippen molar-refractivity contribution in [3.05, 3.63) is 34.9 Å². The molecule has 1 heterocycles. The number of hydrogen-bond donors (Lipinski definition) is 2. The zero-order valence-electron chi connectivity index (χ0n) is 13.9. The fraction of sp³-hybridized carbons (Fsp3) is 0.500. The van der Waals surface area contributed by atoms with Gasteiger partial charge >= 0.3 is 0 Å². The Hall–Kier alpha value is -1.05. The van der Waals surface area contributed by atoms with Crippen LogP contribution in [0.25, 0.3) is 0 Å². The van der Waals surface area contributed by atoms with Gasteiger partial charge in [-0.05, 0) is 24.1 Å². The molecule has 1 aliphatic heterocycles. The summed E-state index contributed by atoms with van der Waals surface area (Å²) in [6.07, 6.45) is 0.921. The van der Waals surface area contributed by atoms with Crippen LogP contribution in [0.4, 0.5) is 0 Å². The Morgan fingerprint density at radius 2 is 1.76 bits per heavy atom. The predicted octanol–water partition coefficient (Wildman–Crippen LogP) is 1.29. The van der Waals surface area contributed by atoms with Crippen molar-refractivity contribution in [1.82, 2.24) is 15.1 Å². The fourth-order valence-electron chi connectivity index (χ4n) is 2.58. The van der Waals surface area contributed by atoms with Crippen LogP contribution < -0.4 is 11.1 Å². The number of amides is 2. The van der Waals surface area contributed by atoms with Crippen LogP contribution in [0, 0.1) is 0 Å². The fourth-order valence-corrected chi connectivity index (χ4v) is 2.71. The van der Waals surface area contributed by atoms with E-state index >= 15 is 0 Å². The number of halogens is 3. The van der Waals surface area contributed by atoms with Crippen molar-refractivity contribution in [2.45, 2.75) is 13.0 Å². The molecule has 3 N–H and O–H groups in total. The second kappa shape index (κ2) is 12.3. The molecule has 1 fully saturated rings. The summed E-state index contributed by atoms with van der Waals surface area (Å²) >= 11 is 5.90. The Kier molecular flexibility index (Phi) is 11.8. The molecule has 1 aromatic rings. The van der Waals surface area contributed by atoms with E-state index in [0.717, 1.165) is 31.1 Å². The first kappa shape index (κ1) is 23.9. The van der Waals surface area contributed by atoms with Crippen LogP contribution in [-0.4, -0.2) is 60.9 Å². The van der Waals surface area contributed by atoms with E-state index in [-0.39, 0.29) is 49.7 Å². The molecule has 25 heavy (non-hydrogen) atoms. The third kappa shape index (κ3) is 8.25. The van der Waals surface area contributed by atoms with E-state index in [0.29, 0.717) is 13.1 Å². The summed E-state index contributed by atoms with van der Waals surface area (Å²) in [5.41, 5.74) is 6.42. The Morgan fingerprint density at radius 1 is 1.08 bits per heavy atom. The van der Waals surface area contributed by atoms with Gasteiger partial charge in [0.15, 0.2) is 0 Å². The van der Waals surface area contributed by atoms with Crippen LogP contribution in [0.2, 0.25) is 5.02 Å². The van der Waals surface area contributed by atoms with Crippen LogP contribution >= 0.6 is 36.4 Å². The van der Waals surface area contributed by atoms with Gasteiger partial charge in [-0.15, -0.1) is 24.8 Å². The lowest BCUT2D eigenvalue weighted by Gasteiger charge is -2.22. The molecule has 0 bridgehead atoms. The van der Waals surface area contributed by atoms with Crippen molar-refractivity contribution in [3.8, 4) is 0 Å². The average Bonchev–Trinajstić information content (AvgIpc) is 2.80. The Bertz CT molecular complexity index is 543. The number of rotatable bonds is 5. The van der Waals surface area contributed by atoms with Crippen molar-refractivity contribution < 1.29 is 9.59 Å². The lowest BCUT2D eigenvalue weighted by molar-refractivity contribution is -0.132. The number of benzene rings is 1. The summed E-state index contributed by atoms with van der Waals surface area (Å²) in [7, 11) is 0. The largest absolute Gasteiger partial charge is 0.346 e. The minimum atomic E-state index is -0.308. The monoisotopic (exact) mass is 410 g/mol. The molecule has 0 aliphatic carbocycles. The highest BCUT2D eigenvalue weighted by Crippen LogP contribution is 2.13. The van der Waals surface area contributed by atoms with E-state index in [2.05, 4.69) is 10.2 Å². The Balaban J connectivity index is 0.00000288. The van der Waals surface area contributed by atoms with Crippen LogP contribution in [0.15, 0.2) is 24.3 Å². The third-order valence-corrected chi connectivity index (χ3v) is 4.13. The van der Waals surface area contributed by atoms with Gasteiger partial charge in [0.05, 0.1) is 13.1 Å². The molecule has 1 aliphatic rings. The van der Waals surface area contributed by atoms with E-state index in [4.69, 9.17) is 17.3 Å². The molecule has 0 aromatic heterocycles. The lowest BCUT2D eigenvalue weighted by atomic mass is 10.2. The first-order valence-electron chi connectivity index (χ1n) is 7.80. The minimum Gasteiger partial charge on any atom is -0.346 e. The quantitative estimate of drug-likeness (QED) is 0.765. The number of hydrogen-bond acceptors (Lipinski definition) is 4. The number of nitrogens with zero attached hydrogens (tertiary/aromatic N) is 2. The number of nitrogens with one attached hydrogen (secondary N) is 1. The maximum Gasteiger partial charge on any atom is 0.242 e. The first-order chi connectivity index (χ1) is 11.1. The maximum absolute atomic E-state index is 12.1. The van der Waals surface area contributed by atoms with Crippen molar-refractivity contribution in [2.75, 3.05) is 39.3 Å². The summed E-state index contributed by atoms with van der Waals surface area (Å²) in [6.45, 7) is 3.93. The summed E-state index contributed by atoms with van der Waals surface area (Å²) in [6, 6.07) is 7.84. The highest BCUT2D eigenvalue weighted by atomic mass is 35.5. The second-order valence-corrected chi connectivity index (χ2v) is 6.05. The molecule has 0 unspecified atom stereocenters. The van der Waals surface area contributed by atoms with Gasteiger partial charge < -0.3 is 16.0 Å². The van der Waals surface area contributed by atoms with E-state index in [1.165, 1.54) is 5.56 Å². The molecule has 0 radical (unpaired) electrons. The van der Waals surface area contributed by atoms with Crippen LogP contribution in [0.3, 0.4) is 0 Å². The standard InChI is InChI=1S/C16H23ClN4O2.2ClH/c17-14-4-2-13(3-5-14)12-20-6-1-7-21(9-8-20)16(23)11-19-15(22)10-18;;/h2-5H,1,6-12,18H2,(H,19,22);2*1H. The van der Waals surface area contributed by atoms with Gasteiger partial charge in [-0.1, -0.05) is 23.7 Å². The topological polar surface area (TPSA) is 78.7 Å². The van der Waals surface area contributed by atoms with Crippen molar-refractivity contribution in [3.63, 3.8) is 0 Å². The minimum absolute atomic E-state index is 0. The molecule has 1 saturated heterocycles. The van der Waals surface area contributed by atoms with Gasteiger partial charge in [-0.3, -0.25) is 14.5 Å². The van der Waals surface area contributed by atoms with Crippen LogP contribution in [-0.2, 0) is 16.1 Å². The Labute approximate surface area is 165 Å². The van der Waals surface area contributed by atoms with E-state index in [1.54, 1.807) is 4.90 Å². The molecule has 142 valence electrons. The maximum atomic E-state index is 12.1. The molecule has 0 atom stereocenters. The number of carbonyl (C=O) groups excluding carboxylic acids is 2. The van der Waals surface area contributed by atoms with Crippen molar-refractivity contribution in [2.24, 2.45) is 5.73 Å². The van der Waals surface area contributed by atoms with E-state index in [9.17, 15) is 9.59 Å². The van der Waals surface area contributed by atoms with Crippen LogP contribution in [0.1, 0.15) is 12.0 Å². The van der Waals surface area contributed by atoms with Gasteiger partial charge in [-0.25, -0.2) is 0 Å². The van der Waals surface area contributed by atoms with Gasteiger partial charge in [0, 0.05) is 37.7 Å². The van der Waals surface area contributed by atoms with Crippen molar-refractivity contribution in [1.29, 1.82) is 0 Å². The first-order valence-corrected chi connectivity index (χ1v) is 8.17. The summed E-state index contributed by atoms with van der Waals surface area (Å²) in [4.78, 5) is 27.4. The van der Waals surface area contributed by atoms with Gasteiger partial charge in [-0.2, -0.15) is 0 Å². The molecule has 2 amide bonds. The van der Waals surface area contributed by atoms with Gasteiger partial charge in [0.25, 0.3) is 0 Å². The molecule has 0 spiro atoms. The Morgan fingerprint density at radius 3 is 2.40 bits per heavy atom. The zero-order valence-corrected chi connectivity index (χ0v) is 16.3. The van der Waals surface area contributed by atoms with Gasteiger partial charge in [0.2, 0.25) is 11.8 Å². The smallest absolute Gasteiger partial charge is 0.242 e.